The summed E-state index contributed by atoms with van der Waals surface area (Å²) < 4.78 is 5.12. The number of fused-ring (bicyclic) bond motifs is 1. The Morgan fingerprint density at radius 1 is 1.30 bits per heavy atom. The molecule has 2 rings (SSSR count). The highest BCUT2D eigenvalue weighted by Crippen LogP contribution is 2.30. The van der Waals surface area contributed by atoms with Gasteiger partial charge in [-0.2, -0.15) is 0 Å². The van der Waals surface area contributed by atoms with Crippen LogP contribution in [0.2, 0.25) is 0 Å². The van der Waals surface area contributed by atoms with Crippen LogP contribution in [-0.2, 0) is 15.1 Å². The maximum absolute atomic E-state index is 11.1. The van der Waals surface area contributed by atoms with Crippen LogP contribution in [0.1, 0.15) is 19.4 Å². The molecule has 2 aromatic carbocycles. The summed E-state index contributed by atoms with van der Waals surface area (Å²) in [6.45, 7) is 6.56. The Kier molecular flexibility index (Phi) is 3.91. The first kappa shape index (κ1) is 14.3. The number of hydrogen-bond donors (Lipinski definition) is 1. The molecule has 1 N–H and O–H groups in total. The van der Waals surface area contributed by atoms with Crippen molar-refractivity contribution in [1.82, 2.24) is 0 Å². The van der Waals surface area contributed by atoms with E-state index in [-0.39, 0.29) is 0 Å². The number of carbonyl (C=O) groups excluding carboxylic acids is 1. The van der Waals surface area contributed by atoms with Crippen LogP contribution in [0.5, 0.6) is 0 Å². The molecule has 0 aliphatic rings. The fourth-order valence-corrected chi connectivity index (χ4v) is 2.24. The normalized spacial score (nSPS) is 15.3. The molecule has 0 unspecified atom stereocenters. The number of carbonyl (C=O) groups is 1. The maximum Gasteiger partial charge on any atom is 0.303 e. The van der Waals surface area contributed by atoms with E-state index in [0.717, 1.165) is 10.8 Å². The summed E-state index contributed by atoms with van der Waals surface area (Å²) in [7, 11) is 0. The van der Waals surface area contributed by atoms with Gasteiger partial charge in [0.1, 0.15) is 5.60 Å². The molecule has 2 atom stereocenters. The van der Waals surface area contributed by atoms with Crippen LogP contribution >= 0.6 is 0 Å². The van der Waals surface area contributed by atoms with Crippen LogP contribution < -0.4 is 0 Å². The lowest BCUT2D eigenvalue weighted by Crippen LogP contribution is -2.38. The minimum absolute atomic E-state index is 0.448. The van der Waals surface area contributed by atoms with E-state index < -0.39 is 17.7 Å². The number of ether oxygens (including phenoxy) is 1. The quantitative estimate of drug-likeness (QED) is 0.685. The molecule has 0 aliphatic carbocycles. The minimum Gasteiger partial charge on any atom is -0.455 e. The number of benzene rings is 2. The minimum atomic E-state index is -1.32. The summed E-state index contributed by atoms with van der Waals surface area (Å²) in [6.07, 6.45) is 0.650. The van der Waals surface area contributed by atoms with Crippen LogP contribution in [0.4, 0.5) is 0 Å². The molecule has 0 aromatic heterocycles. The lowest BCUT2D eigenvalue weighted by molar-refractivity contribution is -0.156. The Labute approximate surface area is 118 Å². The van der Waals surface area contributed by atoms with Crippen molar-refractivity contribution in [1.29, 1.82) is 0 Å². The van der Waals surface area contributed by atoms with Crippen molar-refractivity contribution in [3.8, 4) is 0 Å². The predicted octanol–water partition coefficient (Wildman–Crippen LogP) is 3.17. The van der Waals surface area contributed by atoms with E-state index in [2.05, 4.69) is 6.58 Å². The molecular weight excluding hydrogens is 252 g/mol. The first-order valence-corrected chi connectivity index (χ1v) is 6.46. The molecule has 0 saturated carbocycles. The molecule has 0 amide bonds. The van der Waals surface area contributed by atoms with Gasteiger partial charge in [0.2, 0.25) is 0 Å². The van der Waals surface area contributed by atoms with Gasteiger partial charge in [-0.15, -0.1) is 0 Å². The zero-order valence-electron chi connectivity index (χ0n) is 11.7. The number of esters is 1. The van der Waals surface area contributed by atoms with Crippen molar-refractivity contribution < 1.29 is 14.6 Å². The average molecular weight is 270 g/mol. The van der Waals surface area contributed by atoms with Crippen molar-refractivity contribution in [2.45, 2.75) is 25.6 Å². The van der Waals surface area contributed by atoms with Gasteiger partial charge >= 0.3 is 5.97 Å². The van der Waals surface area contributed by atoms with Crippen LogP contribution in [0, 0.1) is 0 Å². The van der Waals surface area contributed by atoms with Gasteiger partial charge in [-0.25, -0.2) is 0 Å². The lowest BCUT2D eigenvalue weighted by atomic mass is 9.88. The third kappa shape index (κ3) is 2.73. The molecule has 20 heavy (non-hydrogen) atoms. The molecule has 0 spiro atoms. The summed E-state index contributed by atoms with van der Waals surface area (Å²) >= 11 is 0. The van der Waals surface area contributed by atoms with Crippen LogP contribution in [0.3, 0.4) is 0 Å². The van der Waals surface area contributed by atoms with E-state index in [4.69, 9.17) is 4.74 Å². The standard InChI is InChI=1S/C17H18O3/c1-4-16(20-12(2)18)17(3,19)15-10-9-13-7-5-6-8-14(13)11-15/h4-11,16,19H,1H2,2-3H3/t16-,17-/m0/s1. The molecule has 2 aromatic rings. The summed E-state index contributed by atoms with van der Waals surface area (Å²) in [4.78, 5) is 11.1. The van der Waals surface area contributed by atoms with Crippen LogP contribution in [-0.4, -0.2) is 17.2 Å². The fraction of sp³-hybridized carbons (Fsp3) is 0.235. The predicted molar refractivity (Wildman–Crippen MR) is 79.3 cm³/mol. The van der Waals surface area contributed by atoms with Gasteiger partial charge in [0.15, 0.2) is 6.10 Å². The van der Waals surface area contributed by atoms with Gasteiger partial charge < -0.3 is 9.84 Å². The van der Waals surface area contributed by atoms with Crippen LogP contribution in [0.25, 0.3) is 10.8 Å². The highest BCUT2D eigenvalue weighted by Gasteiger charge is 2.34. The Morgan fingerprint density at radius 3 is 2.55 bits per heavy atom. The number of aliphatic hydroxyl groups is 1. The highest BCUT2D eigenvalue weighted by molar-refractivity contribution is 5.83. The molecule has 3 heteroatoms. The summed E-state index contributed by atoms with van der Waals surface area (Å²) in [5, 5.41) is 12.8. The van der Waals surface area contributed by atoms with Gasteiger partial charge in [0.05, 0.1) is 0 Å². The van der Waals surface area contributed by atoms with Gasteiger partial charge in [0, 0.05) is 6.92 Å². The van der Waals surface area contributed by atoms with Crippen molar-refractivity contribution in [3.05, 3.63) is 60.7 Å². The van der Waals surface area contributed by atoms with Gasteiger partial charge in [-0.05, 0) is 35.4 Å². The molecular formula is C17H18O3. The molecule has 0 saturated heterocycles. The van der Waals surface area contributed by atoms with Crippen LogP contribution in [0.15, 0.2) is 55.1 Å². The highest BCUT2D eigenvalue weighted by atomic mass is 16.6. The third-order valence-electron chi connectivity index (χ3n) is 3.39. The van der Waals surface area contributed by atoms with E-state index in [1.165, 1.54) is 13.0 Å². The summed E-state index contributed by atoms with van der Waals surface area (Å²) in [5.74, 6) is -0.448. The Morgan fingerprint density at radius 2 is 1.95 bits per heavy atom. The zero-order chi connectivity index (χ0) is 14.8. The Balaban J connectivity index is 2.44. The second kappa shape index (κ2) is 5.47. The average Bonchev–Trinajstić information content (AvgIpc) is 2.43. The van der Waals surface area contributed by atoms with Crippen molar-refractivity contribution >= 4 is 16.7 Å². The van der Waals surface area contributed by atoms with Gasteiger partial charge in [-0.1, -0.05) is 43.0 Å². The van der Waals surface area contributed by atoms with E-state index >= 15 is 0 Å². The van der Waals surface area contributed by atoms with E-state index in [9.17, 15) is 9.90 Å². The Bertz CT molecular complexity index is 643. The topological polar surface area (TPSA) is 46.5 Å². The van der Waals surface area contributed by atoms with Gasteiger partial charge in [-0.3, -0.25) is 4.79 Å². The SMILES string of the molecule is C=C[C@H](OC(C)=O)[C@@](C)(O)c1ccc2ccccc2c1. The van der Waals surface area contributed by atoms with E-state index in [0.29, 0.717) is 5.56 Å². The number of rotatable bonds is 4. The second-order valence-corrected chi connectivity index (χ2v) is 4.98. The molecule has 0 heterocycles. The largest absolute Gasteiger partial charge is 0.455 e. The van der Waals surface area contributed by atoms with Gasteiger partial charge in [0.25, 0.3) is 0 Å². The zero-order valence-corrected chi connectivity index (χ0v) is 11.7. The van der Waals surface area contributed by atoms with Crippen molar-refractivity contribution in [2.24, 2.45) is 0 Å². The first-order valence-electron chi connectivity index (χ1n) is 6.46. The summed E-state index contributed by atoms with van der Waals surface area (Å²) in [6, 6.07) is 13.6. The maximum atomic E-state index is 11.1. The molecule has 0 fully saturated rings. The Hall–Kier alpha value is -2.13. The monoisotopic (exact) mass is 270 g/mol. The molecule has 104 valence electrons. The van der Waals surface area contributed by atoms with E-state index in [1.54, 1.807) is 6.92 Å². The van der Waals surface area contributed by atoms with Crippen molar-refractivity contribution in [2.75, 3.05) is 0 Å². The first-order chi connectivity index (χ1) is 9.45. The summed E-state index contributed by atoms with van der Waals surface area (Å²) in [5.41, 5.74) is -0.639. The second-order valence-electron chi connectivity index (χ2n) is 4.98. The van der Waals surface area contributed by atoms with E-state index in [1.807, 2.05) is 42.5 Å². The third-order valence-corrected chi connectivity index (χ3v) is 3.39. The number of hydrogen-bond acceptors (Lipinski definition) is 3. The van der Waals surface area contributed by atoms with Crippen molar-refractivity contribution in [3.63, 3.8) is 0 Å². The molecule has 0 aliphatic heterocycles. The molecule has 3 nitrogen and oxygen atoms in total. The molecule has 0 bridgehead atoms. The lowest BCUT2D eigenvalue weighted by Gasteiger charge is -2.30. The smallest absolute Gasteiger partial charge is 0.303 e. The molecule has 0 radical (unpaired) electrons. The fourth-order valence-electron chi connectivity index (χ4n) is 2.24.